The van der Waals surface area contributed by atoms with E-state index < -0.39 is 11.7 Å². The van der Waals surface area contributed by atoms with Gasteiger partial charge in [0, 0.05) is 36.9 Å². The zero-order valence-electron chi connectivity index (χ0n) is 13.1. The number of halogens is 2. The van der Waals surface area contributed by atoms with E-state index in [1.807, 2.05) is 18.2 Å². The fourth-order valence-electron chi connectivity index (χ4n) is 2.94. The molecule has 2 aromatic carbocycles. The van der Waals surface area contributed by atoms with Gasteiger partial charge in [-0.25, -0.2) is 4.39 Å². The zero-order chi connectivity index (χ0) is 17.1. The SMILES string of the molecule is NC(=O)c1cccc(CNC2CCN(c3ccc(F)c(Cl)c3)C2)c1. The number of amides is 1. The van der Waals surface area contributed by atoms with E-state index in [0.29, 0.717) is 18.2 Å². The molecule has 4 nitrogen and oxygen atoms in total. The summed E-state index contributed by atoms with van der Waals surface area (Å²) in [4.78, 5) is 13.4. The highest BCUT2D eigenvalue weighted by Crippen LogP contribution is 2.25. The first-order valence-corrected chi connectivity index (χ1v) is 8.23. The Bertz CT molecular complexity index is 753. The van der Waals surface area contributed by atoms with Crippen molar-refractivity contribution < 1.29 is 9.18 Å². The van der Waals surface area contributed by atoms with Crippen LogP contribution in [0.3, 0.4) is 0 Å². The Kier molecular flexibility index (Phi) is 5.02. The summed E-state index contributed by atoms with van der Waals surface area (Å²) in [6.45, 7) is 2.39. The number of nitrogens with one attached hydrogen (secondary N) is 1. The summed E-state index contributed by atoms with van der Waals surface area (Å²) < 4.78 is 13.3. The van der Waals surface area contributed by atoms with Crippen LogP contribution in [0.4, 0.5) is 10.1 Å². The van der Waals surface area contributed by atoms with Crippen molar-refractivity contribution in [2.75, 3.05) is 18.0 Å². The molecule has 0 aliphatic carbocycles. The minimum absolute atomic E-state index is 0.146. The lowest BCUT2D eigenvalue weighted by Crippen LogP contribution is -2.32. The molecule has 1 saturated heterocycles. The van der Waals surface area contributed by atoms with Crippen molar-refractivity contribution >= 4 is 23.2 Å². The molecule has 6 heteroatoms. The molecule has 0 bridgehead atoms. The monoisotopic (exact) mass is 347 g/mol. The molecule has 1 atom stereocenters. The van der Waals surface area contributed by atoms with Gasteiger partial charge in [0.05, 0.1) is 5.02 Å². The zero-order valence-corrected chi connectivity index (χ0v) is 13.9. The maximum atomic E-state index is 13.3. The Labute approximate surface area is 145 Å². The van der Waals surface area contributed by atoms with Gasteiger partial charge in [0.2, 0.25) is 5.91 Å². The average molecular weight is 348 g/mol. The normalized spacial score (nSPS) is 17.2. The summed E-state index contributed by atoms with van der Waals surface area (Å²) >= 11 is 5.86. The highest BCUT2D eigenvalue weighted by Gasteiger charge is 2.22. The van der Waals surface area contributed by atoms with Crippen LogP contribution >= 0.6 is 11.6 Å². The van der Waals surface area contributed by atoms with Crippen LogP contribution in [0.1, 0.15) is 22.3 Å². The van der Waals surface area contributed by atoms with Gasteiger partial charge in [-0.05, 0) is 42.3 Å². The first kappa shape index (κ1) is 16.7. The van der Waals surface area contributed by atoms with Crippen molar-refractivity contribution in [3.8, 4) is 0 Å². The van der Waals surface area contributed by atoms with Gasteiger partial charge in [-0.3, -0.25) is 4.79 Å². The number of rotatable bonds is 5. The topological polar surface area (TPSA) is 58.4 Å². The van der Waals surface area contributed by atoms with Gasteiger partial charge in [-0.15, -0.1) is 0 Å². The molecule has 3 N–H and O–H groups in total. The van der Waals surface area contributed by atoms with Crippen molar-refractivity contribution in [1.29, 1.82) is 0 Å². The van der Waals surface area contributed by atoms with E-state index in [0.717, 1.165) is 30.8 Å². The third-order valence-electron chi connectivity index (χ3n) is 4.26. The summed E-state index contributed by atoms with van der Waals surface area (Å²) in [6, 6.07) is 12.4. The van der Waals surface area contributed by atoms with E-state index in [9.17, 15) is 9.18 Å². The highest BCUT2D eigenvalue weighted by atomic mass is 35.5. The average Bonchev–Trinajstić information content (AvgIpc) is 3.05. The van der Waals surface area contributed by atoms with Crippen molar-refractivity contribution in [3.05, 3.63) is 64.4 Å². The molecular formula is C18H19ClFN3O. The van der Waals surface area contributed by atoms with E-state index in [1.54, 1.807) is 18.2 Å². The van der Waals surface area contributed by atoms with Crippen molar-refractivity contribution in [1.82, 2.24) is 5.32 Å². The first-order chi connectivity index (χ1) is 11.5. The summed E-state index contributed by atoms with van der Waals surface area (Å²) in [7, 11) is 0. The molecule has 1 aliphatic heterocycles. The summed E-state index contributed by atoms with van der Waals surface area (Å²) in [6.07, 6.45) is 0.991. The number of primary amides is 1. The fourth-order valence-corrected chi connectivity index (χ4v) is 3.11. The molecule has 24 heavy (non-hydrogen) atoms. The summed E-state index contributed by atoms with van der Waals surface area (Å²) in [5, 5.41) is 3.63. The third kappa shape index (κ3) is 3.86. The van der Waals surface area contributed by atoms with Gasteiger partial charge in [-0.1, -0.05) is 23.7 Å². The Morgan fingerprint density at radius 1 is 1.33 bits per heavy atom. The number of anilines is 1. The van der Waals surface area contributed by atoms with Gasteiger partial charge in [-0.2, -0.15) is 0 Å². The van der Waals surface area contributed by atoms with Gasteiger partial charge in [0.1, 0.15) is 5.82 Å². The summed E-state index contributed by atoms with van der Waals surface area (Å²) in [5.41, 5.74) is 7.77. The van der Waals surface area contributed by atoms with Crippen LogP contribution in [0, 0.1) is 5.82 Å². The Morgan fingerprint density at radius 2 is 2.17 bits per heavy atom. The van der Waals surface area contributed by atoms with E-state index in [2.05, 4.69) is 10.2 Å². The predicted molar refractivity (Wildman–Crippen MR) is 93.8 cm³/mol. The van der Waals surface area contributed by atoms with Crippen LogP contribution in [0.2, 0.25) is 5.02 Å². The number of nitrogens with zero attached hydrogens (tertiary/aromatic N) is 1. The maximum Gasteiger partial charge on any atom is 0.248 e. The molecule has 1 heterocycles. The Morgan fingerprint density at radius 3 is 2.92 bits per heavy atom. The predicted octanol–water partition coefficient (Wildman–Crippen LogP) is 2.95. The molecule has 1 aliphatic rings. The molecule has 126 valence electrons. The largest absolute Gasteiger partial charge is 0.370 e. The van der Waals surface area contributed by atoms with Crippen LogP contribution in [-0.2, 0) is 6.54 Å². The molecule has 0 saturated carbocycles. The second-order valence-electron chi connectivity index (χ2n) is 5.98. The minimum atomic E-state index is -0.419. The molecule has 1 unspecified atom stereocenters. The molecule has 3 rings (SSSR count). The van der Waals surface area contributed by atoms with Gasteiger partial charge >= 0.3 is 0 Å². The third-order valence-corrected chi connectivity index (χ3v) is 4.55. The van der Waals surface area contributed by atoms with Gasteiger partial charge in [0.15, 0.2) is 0 Å². The lowest BCUT2D eigenvalue weighted by atomic mass is 10.1. The van der Waals surface area contributed by atoms with Crippen molar-refractivity contribution in [3.63, 3.8) is 0 Å². The molecule has 2 aromatic rings. The molecule has 0 spiro atoms. The second kappa shape index (κ2) is 7.20. The van der Waals surface area contributed by atoms with Crippen LogP contribution in [0.15, 0.2) is 42.5 Å². The summed E-state index contributed by atoms with van der Waals surface area (Å²) in [5.74, 6) is -0.819. The van der Waals surface area contributed by atoms with E-state index in [-0.39, 0.29) is 5.02 Å². The number of nitrogens with two attached hydrogens (primary N) is 1. The highest BCUT2D eigenvalue weighted by molar-refractivity contribution is 6.31. The van der Waals surface area contributed by atoms with E-state index >= 15 is 0 Å². The molecule has 0 aromatic heterocycles. The van der Waals surface area contributed by atoms with Crippen molar-refractivity contribution in [2.24, 2.45) is 5.73 Å². The second-order valence-corrected chi connectivity index (χ2v) is 6.38. The van der Waals surface area contributed by atoms with Gasteiger partial charge < -0.3 is 16.0 Å². The van der Waals surface area contributed by atoms with Crippen molar-refractivity contribution in [2.45, 2.75) is 19.0 Å². The quantitative estimate of drug-likeness (QED) is 0.874. The fraction of sp³-hybridized carbons (Fsp3) is 0.278. The number of hydrogen-bond donors (Lipinski definition) is 2. The minimum Gasteiger partial charge on any atom is -0.370 e. The number of carbonyl (C=O) groups excluding carboxylic acids is 1. The number of benzene rings is 2. The lowest BCUT2D eigenvalue weighted by Gasteiger charge is -2.19. The van der Waals surface area contributed by atoms with E-state index in [1.165, 1.54) is 6.07 Å². The van der Waals surface area contributed by atoms with Crippen LogP contribution in [-0.4, -0.2) is 25.0 Å². The molecular weight excluding hydrogens is 329 g/mol. The number of hydrogen-bond acceptors (Lipinski definition) is 3. The molecule has 1 amide bonds. The Balaban J connectivity index is 1.57. The van der Waals surface area contributed by atoms with Crippen LogP contribution < -0.4 is 16.0 Å². The van der Waals surface area contributed by atoms with Gasteiger partial charge in [0.25, 0.3) is 0 Å². The lowest BCUT2D eigenvalue weighted by molar-refractivity contribution is 0.1000. The standard InChI is InChI=1S/C18H19ClFN3O/c19-16-9-15(4-5-17(16)20)23-7-6-14(11-23)22-10-12-2-1-3-13(8-12)18(21)24/h1-5,8-9,14,22H,6-7,10-11H2,(H2,21,24). The van der Waals surface area contributed by atoms with E-state index in [4.69, 9.17) is 17.3 Å². The maximum absolute atomic E-state index is 13.3. The smallest absolute Gasteiger partial charge is 0.248 e. The molecule has 1 fully saturated rings. The first-order valence-electron chi connectivity index (χ1n) is 7.85. The number of carbonyl (C=O) groups is 1. The van der Waals surface area contributed by atoms with Crippen LogP contribution in [0.25, 0.3) is 0 Å². The molecule has 0 radical (unpaired) electrons. The Hall–Kier alpha value is -2.11. The van der Waals surface area contributed by atoms with Crippen LogP contribution in [0.5, 0.6) is 0 Å².